The third kappa shape index (κ3) is 5.59. The standard InChI is InChI=1S/C30H28ClN5O/c1-21-25(7-4-8-28(21)31)18-35-19-26-6-3-2-5-24(26)13-29(30(35)37)34-16-27-15-33-20-36(27)17-23-11-9-22(14-32)10-12-23/h2-12,15,20,29,34H,13,16-19H2,1H3/t29-/m0/s1. The van der Waals surface area contributed by atoms with Crippen LogP contribution in [0.15, 0.2) is 79.3 Å². The molecule has 1 amide bonds. The summed E-state index contributed by atoms with van der Waals surface area (Å²) < 4.78 is 2.07. The van der Waals surface area contributed by atoms with E-state index in [2.05, 4.69) is 33.1 Å². The Bertz CT molecular complexity index is 1450. The van der Waals surface area contributed by atoms with Gasteiger partial charge >= 0.3 is 0 Å². The molecule has 1 N–H and O–H groups in total. The van der Waals surface area contributed by atoms with Gasteiger partial charge in [0, 0.05) is 37.4 Å². The fourth-order valence-corrected chi connectivity index (χ4v) is 4.99. The molecule has 1 atom stereocenters. The first-order valence-electron chi connectivity index (χ1n) is 12.3. The molecule has 3 aromatic carbocycles. The third-order valence-corrected chi connectivity index (χ3v) is 7.43. The lowest BCUT2D eigenvalue weighted by molar-refractivity contribution is -0.134. The van der Waals surface area contributed by atoms with Crippen LogP contribution < -0.4 is 5.32 Å². The second kappa shape index (κ2) is 11.0. The number of nitrogens with one attached hydrogen (secondary N) is 1. The molecule has 186 valence electrons. The lowest BCUT2D eigenvalue weighted by Crippen LogP contribution is -2.45. The van der Waals surface area contributed by atoms with Crippen LogP contribution in [0.25, 0.3) is 0 Å². The number of carbonyl (C=O) groups excluding carboxylic acids is 1. The third-order valence-electron chi connectivity index (χ3n) is 7.02. The highest BCUT2D eigenvalue weighted by atomic mass is 35.5. The van der Waals surface area contributed by atoms with Crippen molar-refractivity contribution >= 4 is 17.5 Å². The van der Waals surface area contributed by atoms with Crippen molar-refractivity contribution in [2.24, 2.45) is 0 Å². The maximum Gasteiger partial charge on any atom is 0.240 e. The van der Waals surface area contributed by atoms with Crippen molar-refractivity contribution in [3.8, 4) is 6.07 Å². The number of halogens is 1. The molecule has 7 heteroatoms. The van der Waals surface area contributed by atoms with Crippen molar-refractivity contribution in [3.63, 3.8) is 0 Å². The summed E-state index contributed by atoms with van der Waals surface area (Å²) in [6.45, 7) is 4.23. The molecule has 0 saturated heterocycles. The van der Waals surface area contributed by atoms with Crippen LogP contribution in [0.3, 0.4) is 0 Å². The Labute approximate surface area is 222 Å². The Morgan fingerprint density at radius 3 is 2.62 bits per heavy atom. The molecule has 37 heavy (non-hydrogen) atoms. The Balaban J connectivity index is 1.34. The van der Waals surface area contributed by atoms with Crippen LogP contribution in [0.5, 0.6) is 0 Å². The zero-order valence-electron chi connectivity index (χ0n) is 20.7. The van der Waals surface area contributed by atoms with Crippen LogP contribution in [0.1, 0.15) is 39.1 Å². The molecule has 6 nitrogen and oxygen atoms in total. The van der Waals surface area contributed by atoms with Gasteiger partial charge in [-0.1, -0.05) is 60.1 Å². The summed E-state index contributed by atoms with van der Waals surface area (Å²) in [5.41, 5.74) is 7.13. The van der Waals surface area contributed by atoms with Gasteiger partial charge in [-0.25, -0.2) is 4.98 Å². The molecule has 0 fully saturated rings. The smallest absolute Gasteiger partial charge is 0.240 e. The number of carbonyl (C=O) groups is 1. The predicted octanol–water partition coefficient (Wildman–Crippen LogP) is 5.01. The fourth-order valence-electron chi connectivity index (χ4n) is 4.79. The maximum atomic E-state index is 13.8. The molecule has 5 rings (SSSR count). The molecular weight excluding hydrogens is 482 g/mol. The van der Waals surface area contributed by atoms with Crippen LogP contribution >= 0.6 is 11.6 Å². The quantitative estimate of drug-likeness (QED) is 0.380. The number of nitrogens with zero attached hydrogens (tertiary/aromatic N) is 4. The zero-order chi connectivity index (χ0) is 25.8. The van der Waals surface area contributed by atoms with Crippen molar-refractivity contribution in [2.45, 2.75) is 45.6 Å². The number of fused-ring (bicyclic) bond motifs is 1. The van der Waals surface area contributed by atoms with E-state index in [9.17, 15) is 4.79 Å². The molecule has 1 aromatic heterocycles. The van der Waals surface area contributed by atoms with Crippen LogP contribution in [-0.4, -0.2) is 26.4 Å². The molecule has 0 unspecified atom stereocenters. The first-order chi connectivity index (χ1) is 18.0. The molecule has 0 aliphatic carbocycles. The predicted molar refractivity (Wildman–Crippen MR) is 144 cm³/mol. The molecular formula is C30H28ClN5O. The zero-order valence-corrected chi connectivity index (χ0v) is 21.4. The van der Waals surface area contributed by atoms with E-state index in [-0.39, 0.29) is 11.9 Å². The van der Waals surface area contributed by atoms with Gasteiger partial charge in [-0.15, -0.1) is 0 Å². The van der Waals surface area contributed by atoms with Gasteiger partial charge in [-0.3, -0.25) is 10.1 Å². The number of benzene rings is 3. The molecule has 0 spiro atoms. The van der Waals surface area contributed by atoms with Gasteiger partial charge in [0.15, 0.2) is 0 Å². The van der Waals surface area contributed by atoms with E-state index in [1.54, 1.807) is 6.33 Å². The van der Waals surface area contributed by atoms with Gasteiger partial charge in [0.05, 0.1) is 29.7 Å². The van der Waals surface area contributed by atoms with E-state index in [1.165, 1.54) is 11.1 Å². The molecule has 0 bridgehead atoms. The first kappa shape index (κ1) is 24.8. The van der Waals surface area contributed by atoms with Gasteiger partial charge in [-0.05, 0) is 59.4 Å². The van der Waals surface area contributed by atoms with Gasteiger partial charge in [0.1, 0.15) is 0 Å². The summed E-state index contributed by atoms with van der Waals surface area (Å²) in [6.07, 6.45) is 4.26. The minimum absolute atomic E-state index is 0.0775. The van der Waals surface area contributed by atoms with Crippen molar-refractivity contribution in [3.05, 3.63) is 123 Å². The Morgan fingerprint density at radius 1 is 1.05 bits per heavy atom. The number of hydrogen-bond donors (Lipinski definition) is 1. The van der Waals surface area contributed by atoms with E-state index < -0.39 is 0 Å². The number of rotatable bonds is 7. The number of imidazole rings is 1. The van der Waals surface area contributed by atoms with Crippen molar-refractivity contribution < 1.29 is 4.79 Å². The Hall–Kier alpha value is -3.92. The van der Waals surface area contributed by atoms with E-state index >= 15 is 0 Å². The fraction of sp³-hybridized carbons (Fsp3) is 0.233. The van der Waals surface area contributed by atoms with Crippen molar-refractivity contribution in [1.82, 2.24) is 19.8 Å². The van der Waals surface area contributed by atoms with Gasteiger partial charge < -0.3 is 9.47 Å². The number of nitriles is 1. The van der Waals surface area contributed by atoms with E-state index in [4.69, 9.17) is 16.9 Å². The summed E-state index contributed by atoms with van der Waals surface area (Å²) >= 11 is 6.37. The number of amides is 1. The summed E-state index contributed by atoms with van der Waals surface area (Å²) in [4.78, 5) is 20.1. The normalized spacial score (nSPS) is 15.2. The lowest BCUT2D eigenvalue weighted by Gasteiger charge is -2.26. The van der Waals surface area contributed by atoms with Crippen molar-refractivity contribution in [1.29, 1.82) is 5.26 Å². The average Bonchev–Trinajstić information content (AvgIpc) is 3.30. The minimum atomic E-state index is -0.360. The van der Waals surface area contributed by atoms with Crippen LogP contribution in [0, 0.1) is 18.3 Å². The highest BCUT2D eigenvalue weighted by Crippen LogP contribution is 2.25. The van der Waals surface area contributed by atoms with E-state index in [0.29, 0.717) is 43.2 Å². The average molecular weight is 510 g/mol. The second-order valence-electron chi connectivity index (χ2n) is 9.45. The van der Waals surface area contributed by atoms with E-state index in [0.717, 1.165) is 22.4 Å². The molecule has 0 radical (unpaired) electrons. The first-order valence-corrected chi connectivity index (χ1v) is 12.7. The largest absolute Gasteiger partial charge is 0.333 e. The second-order valence-corrected chi connectivity index (χ2v) is 9.85. The summed E-state index contributed by atoms with van der Waals surface area (Å²) in [5, 5.41) is 13.3. The van der Waals surface area contributed by atoms with Crippen LogP contribution in [0.2, 0.25) is 5.02 Å². The summed E-state index contributed by atoms with van der Waals surface area (Å²) in [5.74, 6) is 0.0775. The summed E-state index contributed by atoms with van der Waals surface area (Å²) in [6, 6.07) is 23.5. The van der Waals surface area contributed by atoms with Gasteiger partial charge in [-0.2, -0.15) is 5.26 Å². The summed E-state index contributed by atoms with van der Waals surface area (Å²) in [7, 11) is 0. The van der Waals surface area contributed by atoms with Crippen LogP contribution in [-0.2, 0) is 37.4 Å². The molecule has 0 saturated carbocycles. The topological polar surface area (TPSA) is 74.0 Å². The van der Waals surface area contributed by atoms with Gasteiger partial charge in [0.2, 0.25) is 5.91 Å². The van der Waals surface area contributed by atoms with Crippen LogP contribution in [0.4, 0.5) is 0 Å². The molecule has 1 aliphatic rings. The maximum absolute atomic E-state index is 13.8. The number of aromatic nitrogens is 2. The highest BCUT2D eigenvalue weighted by Gasteiger charge is 2.29. The minimum Gasteiger partial charge on any atom is -0.333 e. The number of hydrogen-bond acceptors (Lipinski definition) is 4. The SMILES string of the molecule is Cc1c(Cl)cccc1CN1Cc2ccccc2C[C@H](NCc2cncn2Cc2ccc(C#N)cc2)C1=O. The Morgan fingerprint density at radius 2 is 1.84 bits per heavy atom. The van der Waals surface area contributed by atoms with Gasteiger partial charge in [0.25, 0.3) is 0 Å². The highest BCUT2D eigenvalue weighted by molar-refractivity contribution is 6.31. The monoisotopic (exact) mass is 509 g/mol. The Kier molecular flexibility index (Phi) is 7.36. The van der Waals surface area contributed by atoms with E-state index in [1.807, 2.05) is 72.6 Å². The molecule has 2 heterocycles. The molecule has 1 aliphatic heterocycles. The molecule has 4 aromatic rings. The lowest BCUT2D eigenvalue weighted by atomic mass is 10.0. The van der Waals surface area contributed by atoms with Crippen molar-refractivity contribution in [2.75, 3.05) is 0 Å².